The zero-order chi connectivity index (χ0) is 15.0. The lowest BCUT2D eigenvalue weighted by atomic mass is 10.2. The first-order chi connectivity index (χ1) is 9.51. The van der Waals surface area contributed by atoms with E-state index in [4.69, 9.17) is 10.5 Å². The Morgan fingerprint density at radius 3 is 2.75 bits per heavy atom. The fourth-order valence-corrected chi connectivity index (χ4v) is 3.58. The molecular weight excluding hydrogens is 344 g/mol. The minimum atomic E-state index is -3.55. The number of benzene rings is 1. The van der Waals surface area contributed by atoms with Crippen LogP contribution in [0.5, 0.6) is 0 Å². The van der Waals surface area contributed by atoms with Gasteiger partial charge in [-0.05, 0) is 40.0 Å². The van der Waals surface area contributed by atoms with E-state index < -0.39 is 10.0 Å². The number of hydrogen-bond acceptors (Lipinski definition) is 4. The van der Waals surface area contributed by atoms with Gasteiger partial charge in [0.2, 0.25) is 10.0 Å². The molecule has 0 spiro atoms. The highest BCUT2D eigenvalue weighted by molar-refractivity contribution is 9.10. The lowest BCUT2D eigenvalue weighted by molar-refractivity contribution is 0.136. The number of nitrogens with one attached hydrogen (secondary N) is 1. The summed E-state index contributed by atoms with van der Waals surface area (Å²) in [4.78, 5) is 0.203. The largest absolute Gasteiger partial charge is 0.380 e. The molecule has 0 atom stereocenters. The number of ether oxygens (including phenoxy) is 1. The second-order valence-corrected chi connectivity index (χ2v) is 6.92. The molecule has 0 saturated heterocycles. The van der Waals surface area contributed by atoms with E-state index in [2.05, 4.69) is 27.6 Å². The zero-order valence-electron chi connectivity index (χ0n) is 11.6. The molecule has 0 unspecified atom stereocenters. The number of nitrogens with two attached hydrogens (primary N) is 1. The Labute approximate surface area is 129 Å². The maximum atomic E-state index is 12.2. The minimum Gasteiger partial charge on any atom is -0.380 e. The first-order valence-corrected chi connectivity index (χ1v) is 8.84. The Hall–Kier alpha value is -0.470. The van der Waals surface area contributed by atoms with Crippen LogP contribution < -0.4 is 10.5 Å². The molecule has 1 aromatic rings. The quantitative estimate of drug-likeness (QED) is 0.656. The molecule has 3 N–H and O–H groups in total. The Balaban J connectivity index is 2.60. The molecule has 1 rings (SSSR count). The normalized spacial score (nSPS) is 11.8. The summed E-state index contributed by atoms with van der Waals surface area (Å²) in [7, 11) is -3.55. The van der Waals surface area contributed by atoms with Gasteiger partial charge in [0.15, 0.2) is 0 Å². The molecular formula is C13H21BrN2O3S. The van der Waals surface area contributed by atoms with E-state index in [9.17, 15) is 8.42 Å². The molecule has 7 heteroatoms. The van der Waals surface area contributed by atoms with Crippen LogP contribution in [0, 0.1) is 0 Å². The second kappa shape index (κ2) is 8.74. The molecule has 1 aromatic carbocycles. The lowest BCUT2D eigenvalue weighted by Gasteiger charge is -2.10. The fourth-order valence-electron chi connectivity index (χ4n) is 1.56. The van der Waals surface area contributed by atoms with Gasteiger partial charge in [-0.15, -0.1) is 0 Å². The Morgan fingerprint density at radius 2 is 2.10 bits per heavy atom. The van der Waals surface area contributed by atoms with Gasteiger partial charge < -0.3 is 10.5 Å². The van der Waals surface area contributed by atoms with Gasteiger partial charge in [0.1, 0.15) is 0 Å². The van der Waals surface area contributed by atoms with Crippen LogP contribution in [-0.2, 0) is 21.3 Å². The average Bonchev–Trinajstić information content (AvgIpc) is 2.43. The number of unbranched alkanes of at least 4 members (excludes halogenated alkanes) is 1. The summed E-state index contributed by atoms with van der Waals surface area (Å²) in [6.45, 7) is 3.66. The Bertz CT molecular complexity index is 520. The van der Waals surface area contributed by atoms with Crippen molar-refractivity contribution in [1.82, 2.24) is 4.72 Å². The van der Waals surface area contributed by atoms with Crippen molar-refractivity contribution < 1.29 is 13.2 Å². The molecule has 0 fully saturated rings. The molecule has 0 aliphatic rings. The molecule has 0 aromatic heterocycles. The molecule has 0 amide bonds. The highest BCUT2D eigenvalue weighted by Gasteiger charge is 2.17. The zero-order valence-corrected chi connectivity index (χ0v) is 14.0. The van der Waals surface area contributed by atoms with Crippen LogP contribution in [0.15, 0.2) is 27.6 Å². The Morgan fingerprint density at radius 1 is 1.35 bits per heavy atom. The van der Waals surface area contributed by atoms with Gasteiger partial charge in [0.05, 0.1) is 11.5 Å². The van der Waals surface area contributed by atoms with Gasteiger partial charge in [-0.25, -0.2) is 13.1 Å². The summed E-state index contributed by atoms with van der Waals surface area (Å²) in [5.74, 6) is 0. The average molecular weight is 365 g/mol. The lowest BCUT2D eigenvalue weighted by Crippen LogP contribution is -2.28. The highest BCUT2D eigenvalue weighted by Crippen LogP contribution is 2.22. The third-order valence-corrected chi connectivity index (χ3v) is 5.16. The van der Waals surface area contributed by atoms with Crippen LogP contribution in [0.25, 0.3) is 0 Å². The van der Waals surface area contributed by atoms with E-state index in [0.717, 1.165) is 18.4 Å². The standard InChI is InChI=1S/C13H21BrN2O3S/c1-2-3-7-19-8-6-16-20(17,18)13-9-11(10-15)4-5-12(13)14/h4-5,9,16H,2-3,6-8,10,15H2,1H3. The van der Waals surface area contributed by atoms with E-state index in [1.54, 1.807) is 18.2 Å². The van der Waals surface area contributed by atoms with Crippen LogP contribution in [-0.4, -0.2) is 28.2 Å². The van der Waals surface area contributed by atoms with Crippen LogP contribution >= 0.6 is 15.9 Å². The third-order valence-electron chi connectivity index (χ3n) is 2.70. The molecule has 114 valence electrons. The van der Waals surface area contributed by atoms with Crippen LogP contribution in [0.2, 0.25) is 0 Å². The van der Waals surface area contributed by atoms with Crippen molar-refractivity contribution in [3.05, 3.63) is 28.2 Å². The predicted molar refractivity (Wildman–Crippen MR) is 82.9 cm³/mol. The number of sulfonamides is 1. The summed E-state index contributed by atoms with van der Waals surface area (Å²) in [5.41, 5.74) is 6.30. The van der Waals surface area contributed by atoms with E-state index in [-0.39, 0.29) is 11.4 Å². The molecule has 5 nitrogen and oxygen atoms in total. The van der Waals surface area contributed by atoms with Crippen molar-refractivity contribution in [2.45, 2.75) is 31.2 Å². The smallest absolute Gasteiger partial charge is 0.241 e. The van der Waals surface area contributed by atoms with Crippen LogP contribution in [0.3, 0.4) is 0 Å². The number of rotatable bonds is 9. The predicted octanol–water partition coefficient (Wildman–Crippen LogP) is 2.00. The van der Waals surface area contributed by atoms with E-state index in [1.807, 2.05) is 0 Å². The van der Waals surface area contributed by atoms with E-state index in [0.29, 0.717) is 24.2 Å². The molecule has 20 heavy (non-hydrogen) atoms. The minimum absolute atomic E-state index is 0.203. The summed E-state index contributed by atoms with van der Waals surface area (Å²) < 4.78 is 32.7. The van der Waals surface area contributed by atoms with E-state index in [1.165, 1.54) is 0 Å². The van der Waals surface area contributed by atoms with Gasteiger partial charge >= 0.3 is 0 Å². The fraction of sp³-hybridized carbons (Fsp3) is 0.538. The van der Waals surface area contributed by atoms with Crippen molar-refractivity contribution in [3.8, 4) is 0 Å². The summed E-state index contributed by atoms with van der Waals surface area (Å²) in [6.07, 6.45) is 2.04. The second-order valence-electron chi connectivity index (χ2n) is 4.33. The first kappa shape index (κ1) is 17.6. The maximum Gasteiger partial charge on any atom is 0.241 e. The molecule has 0 aliphatic carbocycles. The van der Waals surface area contributed by atoms with Crippen LogP contribution in [0.1, 0.15) is 25.3 Å². The van der Waals surface area contributed by atoms with E-state index >= 15 is 0 Å². The molecule has 0 saturated carbocycles. The summed E-state index contributed by atoms with van der Waals surface area (Å²) in [6, 6.07) is 5.05. The van der Waals surface area contributed by atoms with Gasteiger partial charge in [-0.2, -0.15) is 0 Å². The maximum absolute atomic E-state index is 12.2. The topological polar surface area (TPSA) is 81.4 Å². The molecule has 0 radical (unpaired) electrons. The molecule has 0 aliphatic heterocycles. The van der Waals surface area contributed by atoms with Crippen LogP contribution in [0.4, 0.5) is 0 Å². The third kappa shape index (κ3) is 5.49. The van der Waals surface area contributed by atoms with Crippen molar-refractivity contribution in [3.63, 3.8) is 0 Å². The summed E-state index contributed by atoms with van der Waals surface area (Å²) in [5, 5.41) is 0. The summed E-state index contributed by atoms with van der Waals surface area (Å²) >= 11 is 3.25. The van der Waals surface area contributed by atoms with Crippen molar-refractivity contribution in [2.24, 2.45) is 5.73 Å². The van der Waals surface area contributed by atoms with Gasteiger partial charge in [-0.1, -0.05) is 19.4 Å². The Kier molecular flexibility index (Phi) is 7.68. The first-order valence-electron chi connectivity index (χ1n) is 6.57. The van der Waals surface area contributed by atoms with Crippen molar-refractivity contribution in [2.75, 3.05) is 19.8 Å². The SMILES string of the molecule is CCCCOCCNS(=O)(=O)c1cc(CN)ccc1Br. The van der Waals surface area contributed by atoms with Gasteiger partial charge in [0.25, 0.3) is 0 Å². The van der Waals surface area contributed by atoms with Gasteiger partial charge in [-0.3, -0.25) is 0 Å². The van der Waals surface area contributed by atoms with Crippen molar-refractivity contribution >= 4 is 26.0 Å². The molecule has 0 bridgehead atoms. The number of hydrogen-bond donors (Lipinski definition) is 2. The van der Waals surface area contributed by atoms with Gasteiger partial charge in [0, 0.05) is 24.2 Å². The molecule has 0 heterocycles. The van der Waals surface area contributed by atoms with Crippen molar-refractivity contribution in [1.29, 1.82) is 0 Å². The number of halogens is 1. The monoisotopic (exact) mass is 364 g/mol. The highest BCUT2D eigenvalue weighted by atomic mass is 79.9.